The summed E-state index contributed by atoms with van der Waals surface area (Å²) in [6.07, 6.45) is 0. The first-order valence-corrected chi connectivity index (χ1v) is 10.7. The number of thioether (sulfide) groups is 1. The quantitative estimate of drug-likeness (QED) is 0.604. The number of aromatic nitrogens is 1. The van der Waals surface area contributed by atoms with E-state index in [0.717, 1.165) is 37.9 Å². The van der Waals surface area contributed by atoms with Crippen LogP contribution in [0, 0.1) is 6.92 Å². The fourth-order valence-corrected chi connectivity index (χ4v) is 5.28. The number of thiazole rings is 1. The monoisotopic (exact) mass is 409 g/mol. The molecule has 0 saturated heterocycles. The molecule has 1 aliphatic rings. The van der Waals surface area contributed by atoms with Crippen molar-refractivity contribution in [3.8, 4) is 10.4 Å². The second-order valence-corrected chi connectivity index (χ2v) is 8.60. The summed E-state index contributed by atoms with van der Waals surface area (Å²) in [6, 6.07) is 14.3. The van der Waals surface area contributed by atoms with Gasteiger partial charge in [-0.1, -0.05) is 41.7 Å². The third kappa shape index (κ3) is 3.81. The van der Waals surface area contributed by atoms with Crippen molar-refractivity contribution in [2.24, 2.45) is 0 Å². The Morgan fingerprint density at radius 1 is 1.29 bits per heavy atom. The smallest absolute Gasteiger partial charge is 0.253 e. The molecular weight excluding hydrogens is 390 g/mol. The average Bonchev–Trinajstić information content (AvgIpc) is 3.22. The molecule has 0 fully saturated rings. The van der Waals surface area contributed by atoms with E-state index in [1.165, 1.54) is 23.8 Å². The first-order chi connectivity index (χ1) is 13.5. The van der Waals surface area contributed by atoms with Crippen molar-refractivity contribution < 1.29 is 9.59 Å². The Kier molecular flexibility index (Phi) is 5.19. The third-order valence-corrected chi connectivity index (χ3v) is 6.66. The van der Waals surface area contributed by atoms with Crippen molar-refractivity contribution in [2.75, 3.05) is 5.32 Å². The largest absolute Gasteiger partial charge is 0.348 e. The van der Waals surface area contributed by atoms with Gasteiger partial charge in [0.25, 0.3) is 5.91 Å². The van der Waals surface area contributed by atoms with Gasteiger partial charge in [-0.15, -0.1) is 11.8 Å². The predicted molar refractivity (Wildman–Crippen MR) is 114 cm³/mol. The van der Waals surface area contributed by atoms with Gasteiger partial charge in [-0.05, 0) is 35.7 Å². The number of carbonyl (C=O) groups excluding carboxylic acids is 2. The van der Waals surface area contributed by atoms with Crippen LogP contribution in [0.1, 0.15) is 34.1 Å². The van der Waals surface area contributed by atoms with Crippen molar-refractivity contribution in [1.82, 2.24) is 10.3 Å². The van der Waals surface area contributed by atoms with E-state index in [9.17, 15) is 9.59 Å². The Balaban J connectivity index is 1.71. The molecule has 5 nitrogen and oxygen atoms in total. The van der Waals surface area contributed by atoms with Crippen LogP contribution in [0.4, 0.5) is 5.13 Å². The van der Waals surface area contributed by atoms with Gasteiger partial charge >= 0.3 is 0 Å². The third-order valence-electron chi connectivity index (χ3n) is 4.43. The number of carbonyl (C=O) groups is 2. The standard InChI is InChI=1S/C21H19N3O2S2/c1-12-19(28-21(23-12)24-13(2)25)15-8-16-10-22-20(26)18(16)17(9-15)27-11-14-6-4-3-5-7-14/h3-9H,10-11H2,1-2H3,(H,22,26)(H,23,24,25). The minimum Gasteiger partial charge on any atom is -0.348 e. The summed E-state index contributed by atoms with van der Waals surface area (Å²) < 4.78 is 0. The Morgan fingerprint density at radius 2 is 2.07 bits per heavy atom. The molecule has 28 heavy (non-hydrogen) atoms. The molecule has 1 aromatic heterocycles. The second-order valence-electron chi connectivity index (χ2n) is 6.58. The van der Waals surface area contributed by atoms with Gasteiger partial charge in [-0.25, -0.2) is 4.98 Å². The molecule has 0 spiro atoms. The van der Waals surface area contributed by atoms with Crippen LogP contribution in [-0.4, -0.2) is 16.8 Å². The molecule has 1 aliphatic heterocycles. The Bertz CT molecular complexity index is 1060. The zero-order valence-corrected chi connectivity index (χ0v) is 17.2. The number of aryl methyl sites for hydroxylation is 1. The number of anilines is 1. The first kappa shape index (κ1) is 18.7. The van der Waals surface area contributed by atoms with E-state index in [4.69, 9.17) is 0 Å². The minimum atomic E-state index is -0.136. The van der Waals surface area contributed by atoms with E-state index in [2.05, 4.69) is 39.9 Å². The van der Waals surface area contributed by atoms with Gasteiger partial charge in [0.05, 0.1) is 16.1 Å². The Hall–Kier alpha value is -2.64. The maximum Gasteiger partial charge on any atom is 0.253 e. The van der Waals surface area contributed by atoms with Crippen LogP contribution in [0.25, 0.3) is 10.4 Å². The normalized spacial score (nSPS) is 12.6. The highest BCUT2D eigenvalue weighted by molar-refractivity contribution is 7.98. The number of nitrogens with zero attached hydrogens (tertiary/aromatic N) is 1. The lowest BCUT2D eigenvalue weighted by Crippen LogP contribution is -2.13. The molecule has 0 atom stereocenters. The van der Waals surface area contributed by atoms with Crippen molar-refractivity contribution >= 4 is 40.0 Å². The minimum absolute atomic E-state index is 0.0166. The van der Waals surface area contributed by atoms with E-state index in [0.29, 0.717) is 11.7 Å². The van der Waals surface area contributed by atoms with Gasteiger partial charge < -0.3 is 10.6 Å². The van der Waals surface area contributed by atoms with Crippen LogP contribution in [0.5, 0.6) is 0 Å². The second kappa shape index (κ2) is 7.77. The van der Waals surface area contributed by atoms with Crippen molar-refractivity contribution in [2.45, 2.75) is 31.0 Å². The molecule has 0 saturated carbocycles. The van der Waals surface area contributed by atoms with Crippen molar-refractivity contribution in [1.29, 1.82) is 0 Å². The van der Waals surface area contributed by atoms with Crippen LogP contribution >= 0.6 is 23.1 Å². The predicted octanol–water partition coefficient (Wildman–Crippen LogP) is 4.61. The van der Waals surface area contributed by atoms with Crippen molar-refractivity contribution in [3.05, 3.63) is 64.8 Å². The van der Waals surface area contributed by atoms with E-state index in [-0.39, 0.29) is 11.8 Å². The van der Waals surface area contributed by atoms with E-state index < -0.39 is 0 Å². The molecule has 0 aliphatic carbocycles. The molecule has 0 radical (unpaired) electrons. The fourth-order valence-electron chi connectivity index (χ4n) is 3.18. The zero-order chi connectivity index (χ0) is 19.7. The van der Waals surface area contributed by atoms with Crippen LogP contribution in [-0.2, 0) is 17.1 Å². The lowest BCUT2D eigenvalue weighted by atomic mass is 10.0. The van der Waals surface area contributed by atoms with E-state index in [1.54, 1.807) is 11.8 Å². The fraction of sp³-hybridized carbons (Fsp3) is 0.190. The van der Waals surface area contributed by atoms with Crippen LogP contribution < -0.4 is 10.6 Å². The van der Waals surface area contributed by atoms with Gasteiger partial charge in [-0.2, -0.15) is 0 Å². The van der Waals surface area contributed by atoms with Gasteiger partial charge in [0, 0.05) is 24.1 Å². The Morgan fingerprint density at radius 3 is 2.82 bits per heavy atom. The Labute approximate surface area is 171 Å². The average molecular weight is 410 g/mol. The number of fused-ring (bicyclic) bond motifs is 1. The molecule has 2 N–H and O–H groups in total. The van der Waals surface area contributed by atoms with Gasteiger partial charge in [-0.3, -0.25) is 9.59 Å². The van der Waals surface area contributed by atoms with E-state index >= 15 is 0 Å². The maximum absolute atomic E-state index is 12.4. The lowest BCUT2D eigenvalue weighted by Gasteiger charge is -2.10. The summed E-state index contributed by atoms with van der Waals surface area (Å²) in [5.41, 5.74) is 4.88. The van der Waals surface area contributed by atoms with Gasteiger partial charge in [0.15, 0.2) is 5.13 Å². The molecule has 2 heterocycles. The SMILES string of the molecule is CC(=O)Nc1nc(C)c(-c2cc3c(c(SCc4ccccc4)c2)C(=O)NC3)s1. The summed E-state index contributed by atoms with van der Waals surface area (Å²) in [4.78, 5) is 30.1. The van der Waals surface area contributed by atoms with Gasteiger partial charge in [0.2, 0.25) is 5.91 Å². The molecule has 2 aromatic carbocycles. The zero-order valence-electron chi connectivity index (χ0n) is 15.5. The molecule has 7 heteroatoms. The highest BCUT2D eigenvalue weighted by Gasteiger charge is 2.25. The van der Waals surface area contributed by atoms with Crippen molar-refractivity contribution in [3.63, 3.8) is 0 Å². The van der Waals surface area contributed by atoms with Crippen LogP contribution in [0.3, 0.4) is 0 Å². The van der Waals surface area contributed by atoms with E-state index in [1.807, 2.05) is 25.1 Å². The molecular formula is C21H19N3O2S2. The lowest BCUT2D eigenvalue weighted by molar-refractivity contribution is -0.114. The highest BCUT2D eigenvalue weighted by atomic mass is 32.2. The number of rotatable bonds is 5. The molecule has 142 valence electrons. The topological polar surface area (TPSA) is 71.1 Å². The number of hydrogen-bond donors (Lipinski definition) is 2. The number of benzene rings is 2. The summed E-state index contributed by atoms with van der Waals surface area (Å²) >= 11 is 3.12. The summed E-state index contributed by atoms with van der Waals surface area (Å²) in [5.74, 6) is 0.642. The first-order valence-electron chi connectivity index (χ1n) is 8.88. The molecule has 4 rings (SSSR count). The van der Waals surface area contributed by atoms with Gasteiger partial charge in [0.1, 0.15) is 0 Å². The maximum atomic E-state index is 12.4. The number of nitrogens with one attached hydrogen (secondary N) is 2. The molecule has 3 aromatic rings. The van der Waals surface area contributed by atoms with Crippen LogP contribution in [0.15, 0.2) is 47.4 Å². The summed E-state index contributed by atoms with van der Waals surface area (Å²) in [5, 5.41) is 6.27. The summed E-state index contributed by atoms with van der Waals surface area (Å²) in [7, 11) is 0. The molecule has 0 bridgehead atoms. The molecule has 0 unspecified atom stereocenters. The summed E-state index contributed by atoms with van der Waals surface area (Å²) in [6.45, 7) is 3.95. The highest BCUT2D eigenvalue weighted by Crippen LogP contribution is 2.39. The molecule has 2 amide bonds. The number of hydrogen-bond acceptors (Lipinski definition) is 5. The number of amides is 2. The van der Waals surface area contributed by atoms with Crippen LogP contribution in [0.2, 0.25) is 0 Å².